The highest BCUT2D eigenvalue weighted by atomic mass is 16.4. The number of nitrogens with zero attached hydrogens (tertiary/aromatic N) is 3. The Morgan fingerprint density at radius 3 is 2.73 bits per heavy atom. The third kappa shape index (κ3) is 4.21. The van der Waals surface area contributed by atoms with Gasteiger partial charge in [0.05, 0.1) is 0 Å². The maximum absolute atomic E-state index is 11.7. The van der Waals surface area contributed by atoms with E-state index < -0.39 is 0 Å². The lowest BCUT2D eigenvalue weighted by Crippen LogP contribution is -2.34. The van der Waals surface area contributed by atoms with Crippen LogP contribution in [0.4, 0.5) is 6.01 Å². The van der Waals surface area contributed by atoms with Crippen molar-refractivity contribution < 1.29 is 9.21 Å². The maximum Gasteiger partial charge on any atom is 0.318 e. The molecule has 1 N–H and O–H groups in total. The summed E-state index contributed by atoms with van der Waals surface area (Å²) in [4.78, 5) is 13.9. The fourth-order valence-electron chi connectivity index (χ4n) is 2.96. The van der Waals surface area contributed by atoms with Gasteiger partial charge in [0, 0.05) is 32.0 Å². The molecule has 1 aromatic heterocycles. The minimum Gasteiger partial charge on any atom is -0.408 e. The summed E-state index contributed by atoms with van der Waals surface area (Å²) in [6, 6.07) is 1.14. The summed E-state index contributed by atoms with van der Waals surface area (Å²) in [6.45, 7) is 4.00. The van der Waals surface area contributed by atoms with E-state index in [-0.39, 0.29) is 5.91 Å². The van der Waals surface area contributed by atoms with Crippen LogP contribution in [0.25, 0.3) is 0 Å². The topological polar surface area (TPSA) is 71.3 Å². The summed E-state index contributed by atoms with van der Waals surface area (Å²) in [5, 5.41) is 11.3. The SMILES string of the molecule is CCCc1nnc(N2CCC(CCC(=O)NC3CC3)CC2)o1. The first kappa shape index (κ1) is 15.3. The number of aromatic nitrogens is 2. The first-order valence-corrected chi connectivity index (χ1v) is 8.61. The highest BCUT2D eigenvalue weighted by Crippen LogP contribution is 2.26. The molecular formula is C16H26N4O2. The van der Waals surface area contributed by atoms with Gasteiger partial charge in [0.15, 0.2) is 0 Å². The number of piperidine rings is 1. The van der Waals surface area contributed by atoms with Crippen LogP contribution in [-0.2, 0) is 11.2 Å². The summed E-state index contributed by atoms with van der Waals surface area (Å²) < 4.78 is 5.69. The number of carbonyl (C=O) groups is 1. The molecule has 1 amide bonds. The molecule has 1 aliphatic heterocycles. The Hall–Kier alpha value is -1.59. The number of anilines is 1. The summed E-state index contributed by atoms with van der Waals surface area (Å²) in [6.07, 6.45) is 8.05. The second-order valence-electron chi connectivity index (χ2n) is 6.54. The molecular weight excluding hydrogens is 280 g/mol. The van der Waals surface area contributed by atoms with Crippen molar-refractivity contribution in [2.45, 2.75) is 64.3 Å². The van der Waals surface area contributed by atoms with Crippen molar-refractivity contribution in [3.05, 3.63) is 5.89 Å². The minimum absolute atomic E-state index is 0.228. The molecule has 3 rings (SSSR count). The second-order valence-corrected chi connectivity index (χ2v) is 6.54. The van der Waals surface area contributed by atoms with Gasteiger partial charge in [0.1, 0.15) is 0 Å². The summed E-state index contributed by atoms with van der Waals surface area (Å²) in [5.74, 6) is 1.60. The van der Waals surface area contributed by atoms with E-state index in [0.717, 1.165) is 63.9 Å². The molecule has 1 saturated heterocycles. The van der Waals surface area contributed by atoms with Gasteiger partial charge in [-0.05, 0) is 44.4 Å². The van der Waals surface area contributed by atoms with Crippen LogP contribution in [-0.4, -0.2) is 35.2 Å². The van der Waals surface area contributed by atoms with E-state index in [9.17, 15) is 4.79 Å². The fraction of sp³-hybridized carbons (Fsp3) is 0.812. The first-order chi connectivity index (χ1) is 10.7. The van der Waals surface area contributed by atoms with E-state index in [1.165, 1.54) is 0 Å². The predicted molar refractivity (Wildman–Crippen MR) is 83.6 cm³/mol. The lowest BCUT2D eigenvalue weighted by atomic mass is 9.92. The van der Waals surface area contributed by atoms with Crippen LogP contribution in [0.5, 0.6) is 0 Å². The number of rotatable bonds is 7. The van der Waals surface area contributed by atoms with Gasteiger partial charge in [-0.1, -0.05) is 12.0 Å². The molecule has 0 spiro atoms. The molecule has 122 valence electrons. The number of hydrogen-bond acceptors (Lipinski definition) is 5. The summed E-state index contributed by atoms with van der Waals surface area (Å²) >= 11 is 0. The smallest absolute Gasteiger partial charge is 0.318 e. The van der Waals surface area contributed by atoms with E-state index in [1.54, 1.807) is 0 Å². The lowest BCUT2D eigenvalue weighted by Gasteiger charge is -2.30. The quantitative estimate of drug-likeness (QED) is 0.837. The highest BCUT2D eigenvalue weighted by molar-refractivity contribution is 5.76. The molecule has 22 heavy (non-hydrogen) atoms. The molecule has 2 heterocycles. The third-order valence-corrected chi connectivity index (χ3v) is 4.53. The maximum atomic E-state index is 11.7. The number of hydrogen-bond donors (Lipinski definition) is 1. The Morgan fingerprint density at radius 1 is 1.27 bits per heavy atom. The van der Waals surface area contributed by atoms with Crippen LogP contribution >= 0.6 is 0 Å². The largest absolute Gasteiger partial charge is 0.408 e. The molecule has 0 aromatic carbocycles. The van der Waals surface area contributed by atoms with Crippen molar-refractivity contribution in [1.82, 2.24) is 15.5 Å². The summed E-state index contributed by atoms with van der Waals surface area (Å²) in [7, 11) is 0. The standard InChI is InChI=1S/C16H26N4O2/c1-2-3-15-18-19-16(22-15)20-10-8-12(9-11-20)4-7-14(21)17-13-5-6-13/h12-13H,2-11H2,1H3,(H,17,21). The van der Waals surface area contributed by atoms with E-state index >= 15 is 0 Å². The van der Waals surface area contributed by atoms with Crippen molar-refractivity contribution >= 4 is 11.9 Å². The highest BCUT2D eigenvalue weighted by Gasteiger charge is 2.25. The third-order valence-electron chi connectivity index (χ3n) is 4.53. The monoisotopic (exact) mass is 306 g/mol. The molecule has 1 aromatic rings. The van der Waals surface area contributed by atoms with Gasteiger partial charge in [-0.25, -0.2) is 0 Å². The normalized spacial score (nSPS) is 19.4. The van der Waals surface area contributed by atoms with Crippen LogP contribution in [0.3, 0.4) is 0 Å². The minimum atomic E-state index is 0.228. The van der Waals surface area contributed by atoms with E-state index in [4.69, 9.17) is 4.42 Å². The van der Waals surface area contributed by atoms with Crippen molar-refractivity contribution in [2.75, 3.05) is 18.0 Å². The molecule has 1 saturated carbocycles. The Labute approximate surface area is 131 Å². The zero-order chi connectivity index (χ0) is 15.4. The van der Waals surface area contributed by atoms with Crippen LogP contribution in [0.2, 0.25) is 0 Å². The van der Waals surface area contributed by atoms with Crippen LogP contribution in [0, 0.1) is 5.92 Å². The zero-order valence-electron chi connectivity index (χ0n) is 13.4. The Balaban J connectivity index is 1.38. The predicted octanol–water partition coefficient (Wildman–Crippen LogP) is 2.30. The average molecular weight is 306 g/mol. The van der Waals surface area contributed by atoms with Crippen molar-refractivity contribution in [3.63, 3.8) is 0 Å². The molecule has 1 aliphatic carbocycles. The van der Waals surface area contributed by atoms with Gasteiger partial charge in [0.25, 0.3) is 0 Å². The van der Waals surface area contributed by atoms with E-state index in [1.807, 2.05) is 0 Å². The number of carbonyl (C=O) groups excluding carboxylic acids is 1. The molecule has 6 nitrogen and oxygen atoms in total. The second kappa shape index (κ2) is 7.11. The number of aryl methyl sites for hydroxylation is 1. The molecule has 0 bridgehead atoms. The van der Waals surface area contributed by atoms with E-state index in [0.29, 0.717) is 24.4 Å². The molecule has 2 fully saturated rings. The molecule has 0 unspecified atom stereocenters. The Kier molecular flexibility index (Phi) is 4.95. The lowest BCUT2D eigenvalue weighted by molar-refractivity contribution is -0.121. The van der Waals surface area contributed by atoms with Crippen molar-refractivity contribution in [3.8, 4) is 0 Å². The summed E-state index contributed by atoms with van der Waals surface area (Å²) in [5.41, 5.74) is 0. The molecule has 6 heteroatoms. The van der Waals surface area contributed by atoms with Gasteiger partial charge in [-0.3, -0.25) is 4.79 Å². The number of nitrogens with one attached hydrogen (secondary N) is 1. The van der Waals surface area contributed by atoms with Gasteiger partial charge < -0.3 is 14.6 Å². The van der Waals surface area contributed by atoms with Crippen LogP contribution < -0.4 is 10.2 Å². The van der Waals surface area contributed by atoms with Gasteiger partial charge in [0.2, 0.25) is 11.8 Å². The van der Waals surface area contributed by atoms with E-state index in [2.05, 4.69) is 27.3 Å². The van der Waals surface area contributed by atoms with Crippen molar-refractivity contribution in [2.24, 2.45) is 5.92 Å². The van der Waals surface area contributed by atoms with Crippen LogP contribution in [0.15, 0.2) is 4.42 Å². The molecule has 0 radical (unpaired) electrons. The Bertz CT molecular complexity index is 490. The van der Waals surface area contributed by atoms with Gasteiger partial charge in [-0.2, -0.15) is 0 Å². The molecule has 2 aliphatic rings. The van der Waals surface area contributed by atoms with Gasteiger partial charge >= 0.3 is 6.01 Å². The first-order valence-electron chi connectivity index (χ1n) is 8.61. The molecule has 0 atom stereocenters. The van der Waals surface area contributed by atoms with Crippen LogP contribution in [0.1, 0.15) is 57.8 Å². The fourth-order valence-corrected chi connectivity index (χ4v) is 2.96. The Morgan fingerprint density at radius 2 is 2.05 bits per heavy atom. The number of amides is 1. The van der Waals surface area contributed by atoms with Crippen molar-refractivity contribution in [1.29, 1.82) is 0 Å². The zero-order valence-corrected chi connectivity index (χ0v) is 13.4. The average Bonchev–Trinajstić information content (AvgIpc) is 3.21. The van der Waals surface area contributed by atoms with Gasteiger partial charge in [-0.15, -0.1) is 5.10 Å².